The van der Waals surface area contributed by atoms with Gasteiger partial charge in [0.1, 0.15) is 11.5 Å². The Morgan fingerprint density at radius 3 is 1.33 bits per heavy atom. The van der Waals surface area contributed by atoms with Gasteiger partial charge in [0, 0.05) is 19.6 Å². The Bertz CT molecular complexity index is 713. The number of aliphatic hydroxyl groups is 2. The second-order valence-corrected chi connectivity index (χ2v) is 7.82. The van der Waals surface area contributed by atoms with Crippen molar-refractivity contribution in [1.82, 2.24) is 0 Å². The predicted octanol–water partition coefficient (Wildman–Crippen LogP) is 4.01. The SMILES string of the molecule is CC(C)c1cc(CCO)cc(Cc2cc(CCO)cc(C(C)C)c2O)c1O. The Morgan fingerprint density at radius 1 is 0.667 bits per heavy atom. The second-order valence-electron chi connectivity index (χ2n) is 7.82. The van der Waals surface area contributed by atoms with Crippen LogP contribution in [0.3, 0.4) is 0 Å². The highest BCUT2D eigenvalue weighted by Crippen LogP contribution is 2.36. The number of hydrogen-bond donors (Lipinski definition) is 4. The van der Waals surface area contributed by atoms with Gasteiger partial charge >= 0.3 is 0 Å². The predicted molar refractivity (Wildman–Crippen MR) is 109 cm³/mol. The Hall–Kier alpha value is -2.04. The van der Waals surface area contributed by atoms with Crippen molar-refractivity contribution in [3.05, 3.63) is 57.6 Å². The van der Waals surface area contributed by atoms with Crippen molar-refractivity contribution in [2.75, 3.05) is 13.2 Å². The van der Waals surface area contributed by atoms with Crippen molar-refractivity contribution in [3.63, 3.8) is 0 Å². The molecule has 0 spiro atoms. The lowest BCUT2D eigenvalue weighted by Gasteiger charge is -2.18. The van der Waals surface area contributed by atoms with E-state index in [-0.39, 0.29) is 36.5 Å². The van der Waals surface area contributed by atoms with Gasteiger partial charge in [0.2, 0.25) is 0 Å². The van der Waals surface area contributed by atoms with Crippen LogP contribution in [-0.2, 0) is 19.3 Å². The van der Waals surface area contributed by atoms with Crippen molar-refractivity contribution in [2.45, 2.75) is 58.8 Å². The molecule has 0 radical (unpaired) electrons. The first-order chi connectivity index (χ1) is 12.8. The van der Waals surface area contributed by atoms with E-state index in [2.05, 4.69) is 0 Å². The summed E-state index contributed by atoms with van der Waals surface area (Å²) in [5.41, 5.74) is 5.15. The molecule has 0 atom stereocenters. The molecule has 2 aromatic carbocycles. The molecule has 0 aliphatic rings. The fourth-order valence-electron chi connectivity index (χ4n) is 3.48. The minimum atomic E-state index is 0.0521. The van der Waals surface area contributed by atoms with Gasteiger partial charge in [0.05, 0.1) is 0 Å². The van der Waals surface area contributed by atoms with Crippen LogP contribution in [0.1, 0.15) is 72.9 Å². The van der Waals surface area contributed by atoms with Gasteiger partial charge in [-0.1, -0.05) is 52.0 Å². The fourth-order valence-corrected chi connectivity index (χ4v) is 3.48. The third kappa shape index (κ3) is 5.02. The minimum Gasteiger partial charge on any atom is -0.507 e. The Morgan fingerprint density at radius 2 is 1.04 bits per heavy atom. The molecule has 0 saturated heterocycles. The van der Waals surface area contributed by atoms with Crippen LogP contribution >= 0.6 is 0 Å². The summed E-state index contributed by atoms with van der Waals surface area (Å²) in [6.07, 6.45) is 1.46. The van der Waals surface area contributed by atoms with Crippen LogP contribution in [0.15, 0.2) is 24.3 Å². The average molecular weight is 373 g/mol. The van der Waals surface area contributed by atoms with Gasteiger partial charge in [-0.15, -0.1) is 0 Å². The molecule has 0 amide bonds. The topological polar surface area (TPSA) is 80.9 Å². The molecule has 0 aliphatic heterocycles. The lowest BCUT2D eigenvalue weighted by atomic mass is 9.89. The maximum atomic E-state index is 10.8. The maximum absolute atomic E-state index is 10.8. The molecule has 27 heavy (non-hydrogen) atoms. The van der Waals surface area contributed by atoms with E-state index in [4.69, 9.17) is 0 Å². The van der Waals surface area contributed by atoms with Crippen LogP contribution in [0, 0.1) is 0 Å². The molecule has 0 aromatic heterocycles. The Labute approximate surface area is 162 Å². The fraction of sp³-hybridized carbons (Fsp3) is 0.478. The van der Waals surface area contributed by atoms with Crippen molar-refractivity contribution >= 4 is 0 Å². The largest absolute Gasteiger partial charge is 0.507 e. The highest BCUT2D eigenvalue weighted by molar-refractivity contribution is 5.52. The minimum absolute atomic E-state index is 0.0521. The first-order valence-electron chi connectivity index (χ1n) is 9.69. The third-order valence-corrected chi connectivity index (χ3v) is 4.98. The molecule has 0 unspecified atom stereocenters. The molecular weight excluding hydrogens is 340 g/mol. The van der Waals surface area contributed by atoms with Crippen LogP contribution in [0.5, 0.6) is 11.5 Å². The van der Waals surface area contributed by atoms with Gasteiger partial charge in [-0.3, -0.25) is 0 Å². The number of rotatable bonds is 8. The van der Waals surface area contributed by atoms with Crippen molar-refractivity contribution in [2.24, 2.45) is 0 Å². The van der Waals surface area contributed by atoms with E-state index in [0.29, 0.717) is 19.3 Å². The van der Waals surface area contributed by atoms with Gasteiger partial charge in [0.25, 0.3) is 0 Å². The summed E-state index contributed by atoms with van der Waals surface area (Å²) >= 11 is 0. The summed E-state index contributed by atoms with van der Waals surface area (Å²) in [5.74, 6) is 0.820. The van der Waals surface area contributed by atoms with Crippen LogP contribution in [0.2, 0.25) is 0 Å². The average Bonchev–Trinajstić information content (AvgIpc) is 2.60. The van der Waals surface area contributed by atoms with Gasteiger partial charge in [-0.05, 0) is 58.1 Å². The lowest BCUT2D eigenvalue weighted by Crippen LogP contribution is -2.03. The number of aromatic hydroxyl groups is 2. The monoisotopic (exact) mass is 372 g/mol. The van der Waals surface area contributed by atoms with E-state index in [1.165, 1.54) is 0 Å². The molecule has 0 bridgehead atoms. The summed E-state index contributed by atoms with van der Waals surface area (Å²) in [4.78, 5) is 0. The molecule has 0 fully saturated rings. The van der Waals surface area contributed by atoms with Crippen LogP contribution in [0.4, 0.5) is 0 Å². The van der Waals surface area contributed by atoms with Crippen molar-refractivity contribution < 1.29 is 20.4 Å². The van der Waals surface area contributed by atoms with E-state index < -0.39 is 0 Å². The molecule has 2 rings (SSSR count). The Kier molecular flexibility index (Phi) is 7.28. The van der Waals surface area contributed by atoms with E-state index in [9.17, 15) is 20.4 Å². The van der Waals surface area contributed by atoms with E-state index in [0.717, 1.165) is 33.4 Å². The van der Waals surface area contributed by atoms with Gasteiger partial charge < -0.3 is 20.4 Å². The third-order valence-electron chi connectivity index (χ3n) is 4.98. The molecule has 0 saturated carbocycles. The second kappa shape index (κ2) is 9.25. The smallest absolute Gasteiger partial charge is 0.122 e. The maximum Gasteiger partial charge on any atom is 0.122 e. The van der Waals surface area contributed by atoms with E-state index in [1.54, 1.807) is 0 Å². The first kappa shape index (κ1) is 21.3. The zero-order valence-corrected chi connectivity index (χ0v) is 16.8. The van der Waals surface area contributed by atoms with Crippen LogP contribution in [0.25, 0.3) is 0 Å². The molecular formula is C23H32O4. The summed E-state index contributed by atoms with van der Waals surface area (Å²) in [7, 11) is 0. The number of phenols is 2. The number of hydrogen-bond acceptors (Lipinski definition) is 4. The lowest BCUT2D eigenvalue weighted by molar-refractivity contribution is 0.299. The highest BCUT2D eigenvalue weighted by atomic mass is 16.3. The summed E-state index contributed by atoms with van der Waals surface area (Å²) < 4.78 is 0. The van der Waals surface area contributed by atoms with Gasteiger partial charge in [-0.25, -0.2) is 0 Å². The quantitative estimate of drug-likeness (QED) is 0.564. The molecule has 4 nitrogen and oxygen atoms in total. The van der Waals surface area contributed by atoms with Crippen molar-refractivity contribution in [3.8, 4) is 11.5 Å². The normalized spacial score (nSPS) is 11.6. The summed E-state index contributed by atoms with van der Waals surface area (Å²) in [6, 6.07) is 7.71. The molecule has 4 N–H and O–H groups in total. The summed E-state index contributed by atoms with van der Waals surface area (Å²) in [6.45, 7) is 8.21. The Balaban J connectivity index is 2.55. The molecule has 0 heterocycles. The first-order valence-corrected chi connectivity index (χ1v) is 9.69. The number of phenolic OH excluding ortho intramolecular Hbond substituents is 2. The molecule has 0 aliphatic carbocycles. The summed E-state index contributed by atoms with van der Waals surface area (Å²) in [5, 5.41) is 40.2. The standard InChI is InChI=1S/C23H32O4/c1-14(2)20-11-16(5-7-24)9-18(22(20)26)13-19-10-17(6-8-25)12-21(15(3)4)23(19)27/h9-12,14-15,24-27H,5-8,13H2,1-4H3. The van der Waals surface area contributed by atoms with E-state index in [1.807, 2.05) is 52.0 Å². The molecule has 148 valence electrons. The zero-order valence-electron chi connectivity index (χ0n) is 16.8. The van der Waals surface area contributed by atoms with Gasteiger partial charge in [0.15, 0.2) is 0 Å². The zero-order chi connectivity index (χ0) is 20.1. The van der Waals surface area contributed by atoms with E-state index >= 15 is 0 Å². The van der Waals surface area contributed by atoms with Crippen LogP contribution in [-0.4, -0.2) is 33.6 Å². The molecule has 2 aromatic rings. The van der Waals surface area contributed by atoms with Crippen molar-refractivity contribution in [1.29, 1.82) is 0 Å². The molecule has 4 heteroatoms. The van der Waals surface area contributed by atoms with Gasteiger partial charge in [-0.2, -0.15) is 0 Å². The number of benzene rings is 2. The van der Waals surface area contributed by atoms with Crippen LogP contribution < -0.4 is 0 Å². The number of aliphatic hydroxyl groups excluding tert-OH is 2. The highest BCUT2D eigenvalue weighted by Gasteiger charge is 2.17.